The minimum Gasteiger partial charge on any atom is -0.394 e. The highest BCUT2D eigenvalue weighted by atomic mass is 32.2. The molecule has 1 aliphatic rings. The zero-order chi connectivity index (χ0) is 20.3. The second kappa shape index (κ2) is 9.11. The number of nitrogens with zero attached hydrogens (tertiary/aromatic N) is 2. The molecule has 1 aliphatic heterocycles. The van der Waals surface area contributed by atoms with Crippen molar-refractivity contribution in [2.45, 2.75) is 38.6 Å². The van der Waals surface area contributed by atoms with Crippen molar-refractivity contribution in [3.8, 4) is 0 Å². The molecule has 0 amide bonds. The summed E-state index contributed by atoms with van der Waals surface area (Å²) in [5.41, 5.74) is 7.48. The molecule has 28 heavy (non-hydrogen) atoms. The molecule has 4 N–H and O–H groups in total. The number of nitrogens with one attached hydrogen (secondary N) is 1. The van der Waals surface area contributed by atoms with E-state index in [0.29, 0.717) is 17.6 Å². The van der Waals surface area contributed by atoms with Crippen LogP contribution < -0.4 is 11.1 Å². The van der Waals surface area contributed by atoms with Gasteiger partial charge in [0.25, 0.3) is 0 Å². The van der Waals surface area contributed by atoms with Crippen LogP contribution in [-0.2, 0) is 12.3 Å². The van der Waals surface area contributed by atoms with Crippen LogP contribution >= 0.6 is 23.3 Å². The first-order valence-corrected chi connectivity index (χ1v) is 10.8. The van der Waals surface area contributed by atoms with Crippen LogP contribution in [0, 0.1) is 17.6 Å². The molecule has 1 aromatic carbocycles. The number of rotatable bonds is 8. The molecule has 152 valence electrons. The second-order valence-corrected chi connectivity index (χ2v) is 9.20. The monoisotopic (exact) mass is 426 g/mol. The quantitative estimate of drug-likeness (QED) is 0.555. The fourth-order valence-electron chi connectivity index (χ4n) is 3.05. The first kappa shape index (κ1) is 20.9. The number of aromatic nitrogens is 1. The van der Waals surface area contributed by atoms with E-state index in [1.807, 2.05) is 10.5 Å². The fraction of sp³-hybridized carbons (Fsp3) is 0.421. The van der Waals surface area contributed by atoms with Crippen LogP contribution in [-0.4, -0.2) is 27.0 Å². The first-order valence-electron chi connectivity index (χ1n) is 9.04. The Labute approximate surface area is 171 Å². The van der Waals surface area contributed by atoms with Gasteiger partial charge in [-0.2, -0.15) is 0 Å². The van der Waals surface area contributed by atoms with Gasteiger partial charge in [-0.1, -0.05) is 31.3 Å². The predicted octanol–water partition coefficient (Wildman–Crippen LogP) is 3.96. The molecule has 2 aromatic rings. The summed E-state index contributed by atoms with van der Waals surface area (Å²) in [6.45, 7) is 4.73. The summed E-state index contributed by atoms with van der Waals surface area (Å²) in [6, 6.07) is 3.77. The smallest absolute Gasteiger partial charge is 0.180 e. The van der Waals surface area contributed by atoms with Crippen molar-refractivity contribution in [2.24, 2.45) is 5.92 Å². The van der Waals surface area contributed by atoms with Gasteiger partial charge in [0.1, 0.15) is 17.3 Å². The number of nitrogen functional groups attached to an aromatic ring is 1. The van der Waals surface area contributed by atoms with E-state index in [0.717, 1.165) is 22.7 Å². The normalized spacial score (nSPS) is 14.8. The molecule has 1 atom stereocenters. The molecule has 9 heteroatoms. The molecule has 0 fully saturated rings. The van der Waals surface area contributed by atoms with Crippen molar-refractivity contribution in [1.82, 2.24) is 14.6 Å². The van der Waals surface area contributed by atoms with E-state index in [1.165, 1.54) is 41.5 Å². The van der Waals surface area contributed by atoms with Crippen LogP contribution in [0.4, 0.5) is 13.9 Å². The number of hydrogen-bond acceptors (Lipinski definition) is 7. The molecule has 1 aromatic heterocycles. The van der Waals surface area contributed by atoms with Gasteiger partial charge in [-0.15, -0.1) is 0 Å². The third-order valence-corrected chi connectivity index (χ3v) is 6.17. The van der Waals surface area contributed by atoms with Crippen LogP contribution in [0.15, 0.2) is 24.4 Å². The molecule has 5 nitrogen and oxygen atoms in total. The number of thiazole rings is 1. The van der Waals surface area contributed by atoms with Gasteiger partial charge in [-0.05, 0) is 36.4 Å². The summed E-state index contributed by atoms with van der Waals surface area (Å²) >= 11 is 2.71. The Morgan fingerprint density at radius 3 is 2.71 bits per heavy atom. The number of fused-ring (bicyclic) bond motifs is 1. The van der Waals surface area contributed by atoms with Crippen LogP contribution in [0.3, 0.4) is 0 Å². The lowest BCUT2D eigenvalue weighted by Gasteiger charge is -2.28. The maximum atomic E-state index is 13.9. The van der Waals surface area contributed by atoms with Crippen LogP contribution in [0.2, 0.25) is 0 Å². The number of hydrogen-bond donors (Lipinski definition) is 3. The zero-order valence-corrected chi connectivity index (χ0v) is 17.4. The molecule has 3 rings (SSSR count). The lowest BCUT2D eigenvalue weighted by Crippen LogP contribution is -2.34. The van der Waals surface area contributed by atoms with Crippen molar-refractivity contribution in [2.75, 3.05) is 12.3 Å². The topological polar surface area (TPSA) is 74.4 Å². The minimum atomic E-state index is -0.549. The van der Waals surface area contributed by atoms with Crippen molar-refractivity contribution in [3.05, 3.63) is 52.2 Å². The summed E-state index contributed by atoms with van der Waals surface area (Å²) in [5.74, 6) is -0.511. The fourth-order valence-corrected chi connectivity index (χ4v) is 4.95. The Bertz CT molecular complexity index is 836. The molecule has 0 bridgehead atoms. The number of aliphatic hydroxyl groups is 1. The highest BCUT2D eigenvalue weighted by molar-refractivity contribution is 7.96. The average molecular weight is 427 g/mol. The molecular weight excluding hydrogens is 402 g/mol. The Kier molecular flexibility index (Phi) is 6.79. The van der Waals surface area contributed by atoms with E-state index in [4.69, 9.17) is 5.73 Å². The summed E-state index contributed by atoms with van der Waals surface area (Å²) < 4.78 is 29.7. The van der Waals surface area contributed by atoms with Gasteiger partial charge in [-0.3, -0.25) is 0 Å². The van der Waals surface area contributed by atoms with E-state index in [2.05, 4.69) is 24.1 Å². The molecule has 2 heterocycles. The number of benzene rings is 1. The predicted molar refractivity (Wildman–Crippen MR) is 111 cm³/mol. The maximum Gasteiger partial charge on any atom is 0.180 e. The zero-order valence-electron chi connectivity index (χ0n) is 15.8. The standard InChI is InChI=1S/C19H24F2N4OS2/c1-11(2)6-12(9-26)23-16-7-25(8-17-18(16)24-19(22)28-17)27-10-13-14(20)4-3-5-15(13)21/h3-5,7,11-12,23,26H,6,8-10H2,1-2H3,(H2,22,24)/t12-/m1/s1. The SMILES string of the molecule is CC(C)C[C@H](CO)NC1=CN(SCc2c(F)cccc2F)Cc2sc(N)nc21. The first-order chi connectivity index (χ1) is 13.4. The molecule has 0 spiro atoms. The van der Waals surface area contributed by atoms with Gasteiger partial charge >= 0.3 is 0 Å². The number of aliphatic hydroxyl groups excluding tert-OH is 1. The number of nitrogens with two attached hydrogens (primary N) is 1. The van der Waals surface area contributed by atoms with Crippen LogP contribution in [0.5, 0.6) is 0 Å². The third-order valence-electron chi connectivity index (χ3n) is 4.31. The Morgan fingerprint density at radius 1 is 1.36 bits per heavy atom. The Balaban J connectivity index is 1.78. The number of halogens is 2. The summed E-state index contributed by atoms with van der Waals surface area (Å²) in [4.78, 5) is 5.39. The van der Waals surface area contributed by atoms with Crippen LogP contribution in [0.25, 0.3) is 5.70 Å². The lowest BCUT2D eigenvalue weighted by atomic mass is 10.0. The molecule has 0 radical (unpaired) electrons. The Hall–Kier alpha value is -1.84. The third kappa shape index (κ3) is 4.95. The lowest BCUT2D eigenvalue weighted by molar-refractivity contribution is 0.236. The highest BCUT2D eigenvalue weighted by Crippen LogP contribution is 2.35. The minimum absolute atomic E-state index is 0.00193. The second-order valence-electron chi connectivity index (χ2n) is 7.07. The van der Waals surface area contributed by atoms with E-state index in [-0.39, 0.29) is 24.0 Å². The van der Waals surface area contributed by atoms with Crippen molar-refractivity contribution < 1.29 is 13.9 Å². The van der Waals surface area contributed by atoms with Gasteiger partial charge in [0.2, 0.25) is 0 Å². The molecule has 0 saturated carbocycles. The van der Waals surface area contributed by atoms with Gasteiger partial charge in [0.05, 0.1) is 23.7 Å². The summed E-state index contributed by atoms with van der Waals surface area (Å²) in [6.07, 6.45) is 2.67. The molecule has 0 saturated heterocycles. The van der Waals surface area contributed by atoms with Gasteiger partial charge in [-0.25, -0.2) is 13.8 Å². The summed E-state index contributed by atoms with van der Waals surface area (Å²) in [5, 5.41) is 13.5. The highest BCUT2D eigenvalue weighted by Gasteiger charge is 2.24. The van der Waals surface area contributed by atoms with Crippen molar-refractivity contribution in [3.63, 3.8) is 0 Å². The van der Waals surface area contributed by atoms with Crippen molar-refractivity contribution in [1.29, 1.82) is 0 Å². The van der Waals surface area contributed by atoms with Gasteiger partial charge in [0, 0.05) is 23.6 Å². The largest absolute Gasteiger partial charge is 0.394 e. The maximum absolute atomic E-state index is 13.9. The molecule has 0 aliphatic carbocycles. The van der Waals surface area contributed by atoms with Gasteiger partial charge in [0.15, 0.2) is 5.13 Å². The molecule has 0 unspecified atom stereocenters. The molecular formula is C19H24F2N4OS2. The average Bonchev–Trinajstić information content (AvgIpc) is 3.00. The number of anilines is 1. The van der Waals surface area contributed by atoms with E-state index < -0.39 is 11.6 Å². The van der Waals surface area contributed by atoms with E-state index >= 15 is 0 Å². The Morgan fingerprint density at radius 2 is 2.07 bits per heavy atom. The van der Waals surface area contributed by atoms with E-state index in [9.17, 15) is 13.9 Å². The van der Waals surface area contributed by atoms with Crippen molar-refractivity contribution >= 4 is 34.1 Å². The summed E-state index contributed by atoms with van der Waals surface area (Å²) in [7, 11) is 0. The van der Waals surface area contributed by atoms with E-state index in [1.54, 1.807) is 0 Å². The van der Waals surface area contributed by atoms with Gasteiger partial charge < -0.3 is 20.5 Å². The van der Waals surface area contributed by atoms with Crippen LogP contribution in [0.1, 0.15) is 36.4 Å².